The van der Waals surface area contributed by atoms with E-state index >= 15 is 0 Å². The summed E-state index contributed by atoms with van der Waals surface area (Å²) >= 11 is 1.75. The van der Waals surface area contributed by atoms with Crippen LogP contribution in [0.5, 0.6) is 0 Å². The molecule has 9 rings (SSSR count). The number of hydrogen-bond donors (Lipinski definition) is 0. The lowest BCUT2D eigenvalue weighted by Crippen LogP contribution is -2.18. The van der Waals surface area contributed by atoms with Crippen LogP contribution >= 0.6 is 11.8 Å². The van der Waals surface area contributed by atoms with Crippen molar-refractivity contribution in [1.29, 1.82) is 0 Å². The third kappa shape index (κ3) is 28.0. The van der Waals surface area contributed by atoms with Gasteiger partial charge < -0.3 is 4.74 Å². The molecule has 1 nitrogen and oxygen atoms in total. The van der Waals surface area contributed by atoms with Crippen LogP contribution in [0.4, 0.5) is 0 Å². The van der Waals surface area contributed by atoms with Gasteiger partial charge in [-0.05, 0) is 119 Å². The molecule has 0 radical (unpaired) electrons. The molecule has 0 saturated heterocycles. The van der Waals surface area contributed by atoms with Crippen molar-refractivity contribution in [3.8, 4) is 23.0 Å². The van der Waals surface area contributed by atoms with Gasteiger partial charge in [-0.1, -0.05) is 309 Å². The SMILES string of the molecule is CC#CC.CC(C)(C)C.CC(C)(C)c1ccccc1.CC(C)(c1ccccc1)c1ccccc1.CC1(C)CCc2ccccc21.CC1(C)c2ccccc2-c2ccccc21.CCC.COC.CSC.Cc1ccc(C)cc1. The topological polar surface area (TPSA) is 9.23 Å². The molecule has 0 saturated carbocycles. The first kappa shape index (κ1) is 71.4. The van der Waals surface area contributed by atoms with Crippen LogP contribution in [-0.4, -0.2) is 26.7 Å². The lowest BCUT2D eigenvalue weighted by Gasteiger charge is -2.25. The lowest BCUT2D eigenvalue weighted by atomic mass is 9.78. The van der Waals surface area contributed by atoms with Crippen LogP contribution in [0.2, 0.25) is 0 Å². The molecule has 7 aromatic rings. The van der Waals surface area contributed by atoms with Crippen molar-refractivity contribution in [3.63, 3.8) is 0 Å². The van der Waals surface area contributed by atoms with Gasteiger partial charge in [-0.3, -0.25) is 0 Å². The van der Waals surface area contributed by atoms with Crippen LogP contribution < -0.4 is 0 Å². The first-order valence-corrected chi connectivity index (χ1v) is 29.4. The average molecular weight is 1060 g/mol. The molecule has 0 heterocycles. The summed E-state index contributed by atoms with van der Waals surface area (Å²) in [7, 11) is 3.25. The molecule has 0 N–H and O–H groups in total. The van der Waals surface area contributed by atoms with Gasteiger partial charge in [-0.2, -0.15) is 11.8 Å². The van der Waals surface area contributed by atoms with E-state index in [4.69, 9.17) is 0 Å². The van der Waals surface area contributed by atoms with Crippen LogP contribution in [-0.2, 0) is 32.8 Å². The Bertz CT molecular complexity index is 2500. The van der Waals surface area contributed by atoms with Crippen LogP contribution in [0.3, 0.4) is 0 Å². The zero-order valence-electron chi connectivity index (χ0n) is 52.8. The smallest absolute Gasteiger partial charge is 0.0351 e. The van der Waals surface area contributed by atoms with Gasteiger partial charge in [-0.15, -0.1) is 11.8 Å². The third-order valence-corrected chi connectivity index (χ3v) is 12.4. The predicted octanol–water partition coefficient (Wildman–Crippen LogP) is 21.9. The Morgan fingerprint density at radius 3 is 1.01 bits per heavy atom. The van der Waals surface area contributed by atoms with Crippen molar-refractivity contribution in [3.05, 3.63) is 238 Å². The number of fused-ring (bicyclic) bond motifs is 4. The third-order valence-electron chi connectivity index (χ3n) is 12.4. The maximum absolute atomic E-state index is 4.25. The zero-order chi connectivity index (χ0) is 58.7. The Labute approximate surface area is 479 Å². The first-order valence-electron chi connectivity index (χ1n) is 27.8. The van der Waals surface area contributed by atoms with Gasteiger partial charge in [0.1, 0.15) is 0 Å². The molecule has 0 unspecified atom stereocenters. The molecule has 77 heavy (non-hydrogen) atoms. The van der Waals surface area contributed by atoms with Gasteiger partial charge >= 0.3 is 0 Å². The summed E-state index contributed by atoms with van der Waals surface area (Å²) in [4.78, 5) is 0. The average Bonchev–Trinajstić information content (AvgIpc) is 3.84. The highest BCUT2D eigenvalue weighted by molar-refractivity contribution is 7.97. The number of hydrogen-bond acceptors (Lipinski definition) is 2. The van der Waals surface area contributed by atoms with Crippen molar-refractivity contribution in [2.45, 2.75) is 172 Å². The second kappa shape index (κ2) is 37.3. The number of methoxy groups -OCH3 is 1. The molecule has 0 amide bonds. The largest absolute Gasteiger partial charge is 0.388 e. The molecular weight excluding hydrogens is 949 g/mol. The van der Waals surface area contributed by atoms with Crippen LogP contribution in [0.15, 0.2) is 188 Å². The van der Waals surface area contributed by atoms with Crippen molar-refractivity contribution in [1.82, 2.24) is 0 Å². The number of ether oxygens (including phenoxy) is 1. The zero-order valence-corrected chi connectivity index (χ0v) is 53.7. The van der Waals surface area contributed by atoms with Gasteiger partial charge in [0.25, 0.3) is 0 Å². The van der Waals surface area contributed by atoms with E-state index in [1.165, 1.54) is 69.3 Å². The summed E-state index contributed by atoms with van der Waals surface area (Å²) in [5.41, 5.74) is 17.0. The normalized spacial score (nSPS) is 12.2. The number of aryl methyl sites for hydroxylation is 3. The highest BCUT2D eigenvalue weighted by Crippen LogP contribution is 2.48. The monoisotopic (exact) mass is 1050 g/mol. The molecule has 7 aromatic carbocycles. The predicted molar refractivity (Wildman–Crippen MR) is 350 cm³/mol. The molecular formula is C75H106OS. The van der Waals surface area contributed by atoms with E-state index in [-0.39, 0.29) is 10.8 Å². The van der Waals surface area contributed by atoms with Crippen LogP contribution in [0, 0.1) is 31.1 Å². The molecule has 418 valence electrons. The quantitative estimate of drug-likeness (QED) is 0.160. The van der Waals surface area contributed by atoms with Gasteiger partial charge in [0, 0.05) is 25.0 Å². The maximum Gasteiger partial charge on any atom is 0.0351 e. The molecule has 2 heteroatoms. The molecule has 2 aliphatic rings. The van der Waals surface area contributed by atoms with Crippen LogP contribution in [0.25, 0.3) is 11.1 Å². The van der Waals surface area contributed by atoms with E-state index in [0.717, 1.165) is 0 Å². The Balaban J connectivity index is 0.000000879. The fourth-order valence-corrected chi connectivity index (χ4v) is 8.10. The highest BCUT2D eigenvalue weighted by Gasteiger charge is 2.34. The van der Waals surface area contributed by atoms with E-state index < -0.39 is 0 Å². The Morgan fingerprint density at radius 1 is 0.455 bits per heavy atom. The minimum atomic E-state index is 0.0858. The van der Waals surface area contributed by atoms with Crippen molar-refractivity contribution in [2.75, 3.05) is 26.7 Å². The second-order valence-corrected chi connectivity index (χ2v) is 24.7. The molecule has 0 spiro atoms. The van der Waals surface area contributed by atoms with E-state index in [1.807, 2.05) is 26.4 Å². The van der Waals surface area contributed by atoms with E-state index in [9.17, 15) is 0 Å². The molecule has 0 atom stereocenters. The number of rotatable bonds is 2. The lowest BCUT2D eigenvalue weighted by molar-refractivity contribution is 0.277. The standard InChI is InChI=1S/C15H14.C15H16.C11H14.C10H14.C8H10.C5H12.C4H6.C3H8.C2H6O.C2H6S/c1-15(2)13-9-5-3-7-11(13)12-8-4-6-10-14(12)15;1-15(2,13-9-5-3-6-10-13)14-11-7-4-8-12-14;1-11(2)8-7-9-5-3-4-6-10(9)11;1-10(2,3)9-7-5-4-6-8-9;1-7-3-5-8(2)6-4-7;1-5(2,3)4;1-3-4-2;3*1-3-2/h3-10H,1-2H3;3-12H,1-2H3;3-6H,7-8H2,1-2H3;4-8H,1-3H3;3-6H,1-2H3;1-4H3;1-2H3;3H2,1-2H3;2*1-2H3. The minimum Gasteiger partial charge on any atom is -0.388 e. The Kier molecular flexibility index (Phi) is 34.6. The van der Waals surface area contributed by atoms with Gasteiger partial charge in [0.15, 0.2) is 0 Å². The summed E-state index contributed by atoms with van der Waals surface area (Å²) < 4.78 is 4.25. The minimum absolute atomic E-state index is 0.0858. The fraction of sp³-hybridized carbons (Fsp3) is 0.413. The molecule has 2 aliphatic carbocycles. The van der Waals surface area contributed by atoms with Gasteiger partial charge in [0.2, 0.25) is 0 Å². The Hall–Kier alpha value is -5.59. The van der Waals surface area contributed by atoms with E-state index in [1.54, 1.807) is 37.1 Å². The van der Waals surface area contributed by atoms with Crippen LogP contribution in [0.1, 0.15) is 181 Å². The summed E-state index contributed by atoms with van der Waals surface area (Å²) in [5, 5.41) is 0. The summed E-state index contributed by atoms with van der Waals surface area (Å²) in [6, 6.07) is 66.5. The van der Waals surface area contributed by atoms with E-state index in [0.29, 0.717) is 16.2 Å². The number of benzene rings is 7. The molecule has 0 aliphatic heterocycles. The summed E-state index contributed by atoms with van der Waals surface area (Å²) in [6.07, 6.45) is 7.91. The molecule has 0 aromatic heterocycles. The highest BCUT2D eigenvalue weighted by atomic mass is 32.2. The number of thioether (sulfide) groups is 1. The first-order chi connectivity index (χ1) is 36.2. The van der Waals surface area contributed by atoms with Crippen molar-refractivity contribution < 1.29 is 4.74 Å². The van der Waals surface area contributed by atoms with Crippen molar-refractivity contribution in [2.24, 2.45) is 5.41 Å². The maximum atomic E-state index is 4.25. The fourth-order valence-electron chi connectivity index (χ4n) is 8.10. The second-order valence-electron chi connectivity index (χ2n) is 23.9. The molecule has 0 bridgehead atoms. The van der Waals surface area contributed by atoms with E-state index in [2.05, 4.69) is 322 Å². The van der Waals surface area contributed by atoms with Crippen molar-refractivity contribution >= 4 is 11.8 Å². The molecule has 0 fully saturated rings. The Morgan fingerprint density at radius 2 is 0.727 bits per heavy atom. The van der Waals surface area contributed by atoms with Gasteiger partial charge in [0.05, 0.1) is 0 Å². The summed E-state index contributed by atoms with van der Waals surface area (Å²) in [5.74, 6) is 5.36. The van der Waals surface area contributed by atoms with Gasteiger partial charge in [-0.25, -0.2) is 0 Å². The summed E-state index contributed by atoms with van der Waals surface area (Å²) in [6.45, 7) is 41.3.